The van der Waals surface area contributed by atoms with Gasteiger partial charge >= 0.3 is 0 Å². The lowest BCUT2D eigenvalue weighted by Crippen LogP contribution is -2.33. The van der Waals surface area contributed by atoms with Gasteiger partial charge in [0.05, 0.1) is 0 Å². The van der Waals surface area contributed by atoms with Gasteiger partial charge < -0.3 is 4.90 Å². The molecule has 0 aromatic carbocycles. The van der Waals surface area contributed by atoms with Crippen LogP contribution in [0.15, 0.2) is 0 Å². The van der Waals surface area contributed by atoms with Crippen molar-refractivity contribution in [2.45, 2.75) is 25.9 Å². The lowest BCUT2D eigenvalue weighted by Gasteiger charge is -2.15. The van der Waals surface area contributed by atoms with E-state index in [2.05, 4.69) is 0 Å². The van der Waals surface area contributed by atoms with Crippen LogP contribution in [0.5, 0.6) is 0 Å². The molecular formula is C7H12FNO. The van der Waals surface area contributed by atoms with Crippen LogP contribution in [0.1, 0.15) is 19.8 Å². The van der Waals surface area contributed by atoms with Gasteiger partial charge in [-0.15, -0.1) is 0 Å². The highest BCUT2D eigenvalue weighted by Crippen LogP contribution is 2.09. The van der Waals surface area contributed by atoms with E-state index in [4.69, 9.17) is 0 Å². The van der Waals surface area contributed by atoms with Gasteiger partial charge in [-0.2, -0.15) is 0 Å². The Hall–Kier alpha value is -0.600. The van der Waals surface area contributed by atoms with Crippen LogP contribution >= 0.6 is 0 Å². The molecule has 1 unspecified atom stereocenters. The topological polar surface area (TPSA) is 20.3 Å². The minimum Gasteiger partial charge on any atom is -0.340 e. The fourth-order valence-corrected chi connectivity index (χ4v) is 1.19. The van der Waals surface area contributed by atoms with E-state index in [1.165, 1.54) is 6.92 Å². The van der Waals surface area contributed by atoms with Gasteiger partial charge in [-0.25, -0.2) is 4.39 Å². The quantitative estimate of drug-likeness (QED) is 0.538. The maximum absolute atomic E-state index is 12.4. The van der Waals surface area contributed by atoms with Crippen LogP contribution in [0.3, 0.4) is 0 Å². The SMILES string of the molecule is CC(F)C(=O)N1CCCC1. The van der Waals surface area contributed by atoms with E-state index in [1.54, 1.807) is 4.90 Å². The predicted molar refractivity (Wildman–Crippen MR) is 36.4 cm³/mol. The normalized spacial score (nSPS) is 21.2. The van der Waals surface area contributed by atoms with E-state index in [0.29, 0.717) is 0 Å². The largest absolute Gasteiger partial charge is 0.340 e. The number of hydrogen-bond donors (Lipinski definition) is 0. The molecule has 0 aliphatic carbocycles. The van der Waals surface area contributed by atoms with Gasteiger partial charge in [0.2, 0.25) is 0 Å². The Balaban J connectivity index is 2.40. The van der Waals surface area contributed by atoms with Crippen molar-refractivity contribution < 1.29 is 9.18 Å². The third-order valence-corrected chi connectivity index (χ3v) is 1.76. The first kappa shape index (κ1) is 7.51. The first-order chi connectivity index (χ1) is 4.72. The molecule has 0 aromatic heterocycles. The maximum atomic E-state index is 12.4. The summed E-state index contributed by atoms with van der Waals surface area (Å²) in [4.78, 5) is 12.5. The Labute approximate surface area is 60.0 Å². The molecule has 0 radical (unpaired) electrons. The Kier molecular flexibility index (Phi) is 2.25. The van der Waals surface area contributed by atoms with E-state index in [-0.39, 0.29) is 5.91 Å². The summed E-state index contributed by atoms with van der Waals surface area (Å²) in [6, 6.07) is 0. The van der Waals surface area contributed by atoms with E-state index in [0.717, 1.165) is 25.9 Å². The molecule has 1 rings (SSSR count). The number of carbonyl (C=O) groups is 1. The molecular weight excluding hydrogens is 133 g/mol. The number of nitrogens with zero attached hydrogens (tertiary/aromatic N) is 1. The van der Waals surface area contributed by atoms with E-state index in [1.807, 2.05) is 0 Å². The fraction of sp³-hybridized carbons (Fsp3) is 0.857. The molecule has 0 N–H and O–H groups in total. The van der Waals surface area contributed by atoms with Crippen molar-refractivity contribution in [2.75, 3.05) is 13.1 Å². The minimum atomic E-state index is -1.32. The molecule has 1 aliphatic heterocycles. The molecule has 1 saturated heterocycles. The van der Waals surface area contributed by atoms with Gasteiger partial charge in [0.25, 0.3) is 5.91 Å². The standard InChI is InChI=1S/C7H12FNO/c1-6(8)7(10)9-4-2-3-5-9/h6H,2-5H2,1H3. The van der Waals surface area contributed by atoms with Crippen LogP contribution in [-0.2, 0) is 4.79 Å². The molecule has 3 heteroatoms. The van der Waals surface area contributed by atoms with Crippen molar-refractivity contribution in [2.24, 2.45) is 0 Å². The van der Waals surface area contributed by atoms with Crippen LogP contribution in [0, 0.1) is 0 Å². The Morgan fingerprint density at radius 1 is 1.50 bits per heavy atom. The number of rotatable bonds is 1. The van der Waals surface area contributed by atoms with Crippen LogP contribution in [-0.4, -0.2) is 30.1 Å². The van der Waals surface area contributed by atoms with E-state index in [9.17, 15) is 9.18 Å². The number of likely N-dealkylation sites (tertiary alicyclic amines) is 1. The second-order valence-electron chi connectivity index (χ2n) is 2.65. The highest BCUT2D eigenvalue weighted by Gasteiger charge is 2.22. The molecule has 1 heterocycles. The fourth-order valence-electron chi connectivity index (χ4n) is 1.19. The lowest BCUT2D eigenvalue weighted by atomic mass is 10.4. The predicted octanol–water partition coefficient (Wildman–Crippen LogP) is 0.967. The Morgan fingerprint density at radius 2 is 2.00 bits per heavy atom. The third-order valence-electron chi connectivity index (χ3n) is 1.76. The van der Waals surface area contributed by atoms with Crippen molar-refractivity contribution in [1.29, 1.82) is 0 Å². The van der Waals surface area contributed by atoms with Crippen LogP contribution in [0.4, 0.5) is 4.39 Å². The maximum Gasteiger partial charge on any atom is 0.256 e. The first-order valence-electron chi connectivity index (χ1n) is 3.64. The minimum absolute atomic E-state index is 0.350. The number of alkyl halides is 1. The molecule has 10 heavy (non-hydrogen) atoms. The molecule has 2 nitrogen and oxygen atoms in total. The summed E-state index contributed by atoms with van der Waals surface area (Å²) in [6.45, 7) is 2.78. The number of carbonyl (C=O) groups excluding carboxylic acids is 1. The van der Waals surface area contributed by atoms with Crippen LogP contribution in [0.25, 0.3) is 0 Å². The number of amides is 1. The summed E-state index contributed by atoms with van der Waals surface area (Å²) in [7, 11) is 0. The molecule has 0 spiro atoms. The summed E-state index contributed by atoms with van der Waals surface area (Å²) in [5.41, 5.74) is 0. The van der Waals surface area contributed by atoms with Crippen LogP contribution in [0.2, 0.25) is 0 Å². The third kappa shape index (κ3) is 1.46. The Bertz CT molecular complexity index is 130. The second kappa shape index (κ2) is 2.99. The van der Waals surface area contributed by atoms with Crippen molar-refractivity contribution in [1.82, 2.24) is 4.90 Å². The zero-order valence-electron chi connectivity index (χ0n) is 6.14. The van der Waals surface area contributed by atoms with Gasteiger partial charge in [-0.05, 0) is 19.8 Å². The summed E-state index contributed by atoms with van der Waals surface area (Å²) < 4.78 is 12.4. The summed E-state index contributed by atoms with van der Waals surface area (Å²) in [6.07, 6.45) is 0.731. The molecule has 0 bridgehead atoms. The smallest absolute Gasteiger partial charge is 0.256 e. The second-order valence-corrected chi connectivity index (χ2v) is 2.65. The van der Waals surface area contributed by atoms with Crippen molar-refractivity contribution in [3.63, 3.8) is 0 Å². The highest BCUT2D eigenvalue weighted by molar-refractivity contribution is 5.80. The van der Waals surface area contributed by atoms with Crippen LogP contribution < -0.4 is 0 Å². The van der Waals surface area contributed by atoms with E-state index < -0.39 is 6.17 Å². The zero-order chi connectivity index (χ0) is 7.56. The monoisotopic (exact) mass is 145 g/mol. The number of halogens is 1. The molecule has 0 aromatic rings. The first-order valence-corrected chi connectivity index (χ1v) is 3.64. The molecule has 1 atom stereocenters. The van der Waals surface area contributed by atoms with Crippen molar-refractivity contribution in [3.05, 3.63) is 0 Å². The average molecular weight is 145 g/mol. The summed E-state index contributed by atoms with van der Waals surface area (Å²) >= 11 is 0. The molecule has 0 saturated carbocycles. The number of hydrogen-bond acceptors (Lipinski definition) is 1. The average Bonchev–Trinajstić information content (AvgIpc) is 2.36. The van der Waals surface area contributed by atoms with Gasteiger partial charge in [-0.1, -0.05) is 0 Å². The highest BCUT2D eigenvalue weighted by atomic mass is 19.1. The van der Waals surface area contributed by atoms with E-state index >= 15 is 0 Å². The van der Waals surface area contributed by atoms with Gasteiger partial charge in [0, 0.05) is 13.1 Å². The summed E-state index contributed by atoms with van der Waals surface area (Å²) in [5, 5.41) is 0. The summed E-state index contributed by atoms with van der Waals surface area (Å²) in [5.74, 6) is -0.350. The Morgan fingerprint density at radius 3 is 2.40 bits per heavy atom. The van der Waals surface area contributed by atoms with Crippen molar-refractivity contribution >= 4 is 5.91 Å². The molecule has 1 amide bonds. The van der Waals surface area contributed by atoms with Gasteiger partial charge in [0.1, 0.15) is 0 Å². The molecule has 58 valence electrons. The van der Waals surface area contributed by atoms with Crippen molar-refractivity contribution in [3.8, 4) is 0 Å². The molecule has 1 fully saturated rings. The molecule has 1 aliphatic rings. The van der Waals surface area contributed by atoms with Gasteiger partial charge in [-0.3, -0.25) is 4.79 Å². The lowest BCUT2D eigenvalue weighted by molar-refractivity contribution is -0.134. The van der Waals surface area contributed by atoms with Gasteiger partial charge in [0.15, 0.2) is 6.17 Å². The zero-order valence-corrected chi connectivity index (χ0v) is 6.14.